The lowest BCUT2D eigenvalue weighted by Crippen LogP contribution is -2.25. The van der Waals surface area contributed by atoms with Gasteiger partial charge in [-0.05, 0) is 6.42 Å². The minimum absolute atomic E-state index is 0.284. The zero-order valence-corrected chi connectivity index (χ0v) is 6.55. The van der Waals surface area contributed by atoms with Crippen molar-refractivity contribution in [2.75, 3.05) is 19.8 Å². The Labute approximate surface area is 62.2 Å². The van der Waals surface area contributed by atoms with Crippen molar-refractivity contribution in [3.05, 3.63) is 0 Å². The first-order valence-corrected chi connectivity index (χ1v) is 3.77. The normalized spacial score (nSPS) is 13.5. The molecule has 62 valence electrons. The van der Waals surface area contributed by atoms with E-state index in [4.69, 9.17) is 15.6 Å². The van der Waals surface area contributed by atoms with Crippen LogP contribution in [0.4, 0.5) is 0 Å². The van der Waals surface area contributed by atoms with Gasteiger partial charge in [0.2, 0.25) is 0 Å². The molecule has 0 aromatic rings. The van der Waals surface area contributed by atoms with Crippen molar-refractivity contribution in [2.24, 2.45) is 5.73 Å². The van der Waals surface area contributed by atoms with E-state index in [-0.39, 0.29) is 6.54 Å². The minimum Gasteiger partial charge on any atom is -0.389 e. The summed E-state index contributed by atoms with van der Waals surface area (Å²) in [7, 11) is 0. The van der Waals surface area contributed by atoms with E-state index < -0.39 is 6.10 Å². The summed E-state index contributed by atoms with van der Waals surface area (Å²) in [6.07, 6.45) is 1.69. The molecule has 0 aliphatic heterocycles. The highest BCUT2D eigenvalue weighted by Gasteiger charge is 1.98. The highest BCUT2D eigenvalue weighted by molar-refractivity contribution is 4.51. The molecule has 3 N–H and O–H groups in total. The van der Waals surface area contributed by atoms with Crippen LogP contribution in [0.25, 0.3) is 0 Å². The molecule has 0 heterocycles. The number of rotatable bonds is 6. The van der Waals surface area contributed by atoms with Crippen LogP contribution in [-0.2, 0) is 4.74 Å². The number of hydrogen-bond donors (Lipinski definition) is 2. The number of nitrogens with two attached hydrogens (primary N) is 1. The molecule has 0 unspecified atom stereocenters. The molecule has 10 heavy (non-hydrogen) atoms. The summed E-state index contributed by atoms with van der Waals surface area (Å²) in [5, 5.41) is 8.91. The third kappa shape index (κ3) is 6.01. The molecule has 0 radical (unpaired) electrons. The molecule has 3 heteroatoms. The maximum Gasteiger partial charge on any atom is 0.0895 e. The molecule has 0 aromatic heterocycles. The lowest BCUT2D eigenvalue weighted by Gasteiger charge is -2.07. The lowest BCUT2D eigenvalue weighted by atomic mass is 10.3. The van der Waals surface area contributed by atoms with Gasteiger partial charge in [0.25, 0.3) is 0 Å². The van der Waals surface area contributed by atoms with Gasteiger partial charge in [-0.2, -0.15) is 0 Å². The van der Waals surface area contributed by atoms with Gasteiger partial charge in [0.15, 0.2) is 0 Å². The highest BCUT2D eigenvalue weighted by Crippen LogP contribution is 1.89. The van der Waals surface area contributed by atoms with Crippen molar-refractivity contribution in [2.45, 2.75) is 25.9 Å². The van der Waals surface area contributed by atoms with Gasteiger partial charge in [-0.1, -0.05) is 13.3 Å². The van der Waals surface area contributed by atoms with Crippen molar-refractivity contribution in [3.63, 3.8) is 0 Å². The van der Waals surface area contributed by atoms with Crippen molar-refractivity contribution in [3.8, 4) is 0 Å². The Hall–Kier alpha value is -0.120. The van der Waals surface area contributed by atoms with Gasteiger partial charge in [-0.15, -0.1) is 0 Å². The number of ether oxygens (including phenoxy) is 1. The summed E-state index contributed by atoms with van der Waals surface area (Å²) >= 11 is 0. The first-order valence-electron chi connectivity index (χ1n) is 3.77. The monoisotopic (exact) mass is 147 g/mol. The van der Waals surface area contributed by atoms with Crippen LogP contribution < -0.4 is 5.73 Å². The van der Waals surface area contributed by atoms with E-state index in [0.717, 1.165) is 19.4 Å². The number of aliphatic hydroxyl groups is 1. The summed E-state index contributed by atoms with van der Waals surface area (Å²) in [6.45, 7) is 3.49. The van der Waals surface area contributed by atoms with Crippen LogP contribution in [0.15, 0.2) is 0 Å². The Balaban J connectivity index is 2.89. The van der Waals surface area contributed by atoms with Gasteiger partial charge in [0.1, 0.15) is 0 Å². The first kappa shape index (κ1) is 9.88. The molecule has 0 aliphatic carbocycles. The van der Waals surface area contributed by atoms with E-state index in [1.165, 1.54) is 0 Å². The summed E-state index contributed by atoms with van der Waals surface area (Å²) in [6, 6.07) is 0. The van der Waals surface area contributed by atoms with Crippen molar-refractivity contribution >= 4 is 0 Å². The second-order valence-corrected chi connectivity index (χ2v) is 2.32. The molecule has 3 nitrogen and oxygen atoms in total. The molecule has 1 atom stereocenters. The van der Waals surface area contributed by atoms with Crippen LogP contribution in [0.2, 0.25) is 0 Å². The van der Waals surface area contributed by atoms with E-state index >= 15 is 0 Å². The predicted molar refractivity (Wildman–Crippen MR) is 40.8 cm³/mol. The quantitative estimate of drug-likeness (QED) is 0.525. The fourth-order valence-corrected chi connectivity index (χ4v) is 0.534. The summed E-state index contributed by atoms with van der Waals surface area (Å²) in [5.74, 6) is 0. The van der Waals surface area contributed by atoms with Gasteiger partial charge < -0.3 is 15.6 Å². The molecule has 0 bridgehead atoms. The van der Waals surface area contributed by atoms with E-state index in [2.05, 4.69) is 6.92 Å². The zero-order valence-electron chi connectivity index (χ0n) is 6.55. The second-order valence-electron chi connectivity index (χ2n) is 2.32. The maximum absolute atomic E-state index is 8.91. The van der Waals surface area contributed by atoms with Crippen molar-refractivity contribution in [1.82, 2.24) is 0 Å². The van der Waals surface area contributed by atoms with Crippen molar-refractivity contribution < 1.29 is 9.84 Å². The van der Waals surface area contributed by atoms with Crippen LogP contribution >= 0.6 is 0 Å². The van der Waals surface area contributed by atoms with Crippen LogP contribution in [-0.4, -0.2) is 31.0 Å². The van der Waals surface area contributed by atoms with Crippen LogP contribution in [0.1, 0.15) is 19.8 Å². The molecule has 0 rings (SSSR count). The molecule has 0 aromatic carbocycles. The standard InChI is InChI=1S/C7H17NO2/c1-2-3-4-10-6-7(9)5-8/h7,9H,2-6,8H2,1H3/t7-/m0/s1. The SMILES string of the molecule is CCCCOC[C@@H](O)CN. The van der Waals surface area contributed by atoms with Gasteiger partial charge in [-0.25, -0.2) is 0 Å². The zero-order chi connectivity index (χ0) is 7.82. The summed E-state index contributed by atoms with van der Waals surface area (Å²) in [5.41, 5.74) is 5.16. The maximum atomic E-state index is 8.91. The molecule has 0 fully saturated rings. The first-order chi connectivity index (χ1) is 4.81. The van der Waals surface area contributed by atoms with Gasteiger partial charge in [-0.3, -0.25) is 0 Å². The fourth-order valence-electron chi connectivity index (χ4n) is 0.534. The molecule has 0 saturated carbocycles. The summed E-state index contributed by atoms with van der Waals surface area (Å²) in [4.78, 5) is 0. The third-order valence-corrected chi connectivity index (χ3v) is 1.22. The highest BCUT2D eigenvalue weighted by atomic mass is 16.5. The fraction of sp³-hybridized carbons (Fsp3) is 1.00. The van der Waals surface area contributed by atoms with Gasteiger partial charge in [0, 0.05) is 13.2 Å². The van der Waals surface area contributed by atoms with Gasteiger partial charge in [0.05, 0.1) is 12.7 Å². The van der Waals surface area contributed by atoms with Crippen LogP contribution in [0.3, 0.4) is 0 Å². The molecule has 0 saturated heterocycles. The number of unbranched alkanes of at least 4 members (excludes halogenated alkanes) is 1. The van der Waals surface area contributed by atoms with E-state index in [0.29, 0.717) is 6.61 Å². The third-order valence-electron chi connectivity index (χ3n) is 1.22. The Morgan fingerprint density at radius 2 is 2.30 bits per heavy atom. The Morgan fingerprint density at radius 1 is 1.60 bits per heavy atom. The van der Waals surface area contributed by atoms with Crippen LogP contribution in [0, 0.1) is 0 Å². The van der Waals surface area contributed by atoms with E-state index in [9.17, 15) is 0 Å². The minimum atomic E-state index is -0.489. The predicted octanol–water partition coefficient (Wildman–Crippen LogP) is 0.123. The van der Waals surface area contributed by atoms with Crippen molar-refractivity contribution in [1.29, 1.82) is 0 Å². The summed E-state index contributed by atoms with van der Waals surface area (Å²) < 4.78 is 5.10. The largest absolute Gasteiger partial charge is 0.389 e. The lowest BCUT2D eigenvalue weighted by molar-refractivity contribution is 0.0402. The molecular formula is C7H17NO2. The Kier molecular flexibility index (Phi) is 6.91. The second kappa shape index (κ2) is 6.99. The number of hydrogen-bond acceptors (Lipinski definition) is 3. The molecule has 0 spiro atoms. The number of aliphatic hydroxyl groups excluding tert-OH is 1. The molecule has 0 aliphatic rings. The van der Waals surface area contributed by atoms with Crippen LogP contribution in [0.5, 0.6) is 0 Å². The van der Waals surface area contributed by atoms with Gasteiger partial charge >= 0.3 is 0 Å². The average molecular weight is 147 g/mol. The Bertz CT molecular complexity index is 68.6. The topological polar surface area (TPSA) is 55.5 Å². The van der Waals surface area contributed by atoms with E-state index in [1.807, 2.05) is 0 Å². The Morgan fingerprint density at radius 3 is 2.80 bits per heavy atom. The van der Waals surface area contributed by atoms with E-state index in [1.54, 1.807) is 0 Å². The molecular weight excluding hydrogens is 130 g/mol. The molecule has 0 amide bonds. The average Bonchev–Trinajstić information content (AvgIpc) is 1.98. The smallest absolute Gasteiger partial charge is 0.0895 e.